The molecule has 0 saturated heterocycles. The van der Waals surface area contributed by atoms with Crippen LogP contribution >= 0.6 is 0 Å². The van der Waals surface area contributed by atoms with Crippen molar-refractivity contribution in [1.82, 2.24) is 5.32 Å². The Morgan fingerprint density at radius 1 is 1.33 bits per heavy atom. The van der Waals surface area contributed by atoms with Gasteiger partial charge >= 0.3 is 0 Å². The first-order valence-electron chi connectivity index (χ1n) is 8.20. The van der Waals surface area contributed by atoms with Crippen LogP contribution in [0.5, 0.6) is 0 Å². The monoisotopic (exact) mass is 299 g/mol. The zero-order valence-electron chi connectivity index (χ0n) is 14.1. The van der Waals surface area contributed by atoms with E-state index in [9.17, 15) is 5.11 Å². The van der Waals surface area contributed by atoms with Crippen LogP contribution in [0.15, 0.2) is 12.2 Å². The minimum atomic E-state index is -0.461. The summed E-state index contributed by atoms with van der Waals surface area (Å²) >= 11 is 0. The second-order valence-corrected chi connectivity index (χ2v) is 6.70. The zero-order valence-corrected chi connectivity index (χ0v) is 14.1. The van der Waals surface area contributed by atoms with Crippen LogP contribution in [0.4, 0.5) is 0 Å². The lowest BCUT2D eigenvalue weighted by Gasteiger charge is -2.26. The van der Waals surface area contributed by atoms with E-state index in [1.54, 1.807) is 0 Å². The minimum absolute atomic E-state index is 0.195. The van der Waals surface area contributed by atoms with E-state index in [2.05, 4.69) is 24.4 Å². The summed E-state index contributed by atoms with van der Waals surface area (Å²) in [6.07, 6.45) is 6.27. The molecule has 2 N–H and O–H groups in total. The highest BCUT2D eigenvalue weighted by molar-refractivity contribution is 4.93. The van der Waals surface area contributed by atoms with Crippen molar-refractivity contribution in [3.63, 3.8) is 0 Å². The quantitative estimate of drug-likeness (QED) is 0.608. The SMILES string of the molecule is CCOC(C)(C)CNCC(O)COCC1CC=CCC1C. The summed E-state index contributed by atoms with van der Waals surface area (Å²) in [5, 5.41) is 13.2. The van der Waals surface area contributed by atoms with Gasteiger partial charge in [-0.15, -0.1) is 0 Å². The van der Waals surface area contributed by atoms with Crippen LogP contribution < -0.4 is 5.32 Å². The summed E-state index contributed by atoms with van der Waals surface area (Å²) in [5.74, 6) is 1.27. The fraction of sp³-hybridized carbons (Fsp3) is 0.882. The normalized spacial score (nSPS) is 24.2. The van der Waals surface area contributed by atoms with E-state index >= 15 is 0 Å². The molecule has 0 fully saturated rings. The molecular formula is C17H33NO3. The van der Waals surface area contributed by atoms with Crippen molar-refractivity contribution in [2.24, 2.45) is 11.8 Å². The van der Waals surface area contributed by atoms with E-state index in [-0.39, 0.29) is 5.60 Å². The van der Waals surface area contributed by atoms with Crippen molar-refractivity contribution in [2.45, 2.75) is 52.2 Å². The summed E-state index contributed by atoms with van der Waals surface area (Å²) in [6.45, 7) is 11.5. The summed E-state index contributed by atoms with van der Waals surface area (Å²) in [5.41, 5.74) is -0.195. The van der Waals surface area contributed by atoms with Crippen molar-refractivity contribution >= 4 is 0 Å². The van der Waals surface area contributed by atoms with Gasteiger partial charge in [-0.2, -0.15) is 0 Å². The molecule has 0 aliphatic heterocycles. The van der Waals surface area contributed by atoms with Crippen LogP contribution in [0.2, 0.25) is 0 Å². The molecule has 4 nitrogen and oxygen atoms in total. The number of aliphatic hydroxyl groups excluding tert-OH is 1. The van der Waals surface area contributed by atoms with Gasteiger partial charge < -0.3 is 19.9 Å². The lowest BCUT2D eigenvalue weighted by atomic mass is 9.85. The van der Waals surface area contributed by atoms with Gasteiger partial charge in [0.2, 0.25) is 0 Å². The molecular weight excluding hydrogens is 266 g/mol. The van der Waals surface area contributed by atoms with Crippen molar-refractivity contribution in [2.75, 3.05) is 32.9 Å². The van der Waals surface area contributed by atoms with E-state index < -0.39 is 6.10 Å². The molecule has 0 saturated carbocycles. The molecule has 3 atom stereocenters. The fourth-order valence-corrected chi connectivity index (χ4v) is 2.63. The first kappa shape index (κ1) is 18.6. The molecule has 0 amide bonds. The number of nitrogens with one attached hydrogen (secondary N) is 1. The van der Waals surface area contributed by atoms with Crippen LogP contribution in [-0.2, 0) is 9.47 Å². The van der Waals surface area contributed by atoms with Crippen LogP contribution in [0.1, 0.15) is 40.5 Å². The maximum absolute atomic E-state index is 9.93. The molecule has 1 aliphatic carbocycles. The van der Waals surface area contributed by atoms with Gasteiger partial charge in [-0.3, -0.25) is 0 Å². The van der Waals surface area contributed by atoms with Gasteiger partial charge in [0.15, 0.2) is 0 Å². The average Bonchev–Trinajstić information content (AvgIpc) is 2.40. The minimum Gasteiger partial charge on any atom is -0.389 e. The Morgan fingerprint density at radius 3 is 2.71 bits per heavy atom. The Bertz CT molecular complexity index is 304. The molecule has 3 unspecified atom stereocenters. The van der Waals surface area contributed by atoms with Crippen LogP contribution in [0, 0.1) is 11.8 Å². The van der Waals surface area contributed by atoms with Gasteiger partial charge in [0, 0.05) is 19.7 Å². The van der Waals surface area contributed by atoms with Gasteiger partial charge in [-0.25, -0.2) is 0 Å². The molecule has 0 spiro atoms. The molecule has 0 radical (unpaired) electrons. The molecule has 1 aliphatic rings. The number of ether oxygens (including phenoxy) is 2. The van der Waals surface area contributed by atoms with E-state index in [4.69, 9.17) is 9.47 Å². The Kier molecular flexibility index (Phi) is 8.49. The molecule has 0 bridgehead atoms. The number of hydrogen-bond donors (Lipinski definition) is 2. The van der Waals surface area contributed by atoms with Gasteiger partial charge in [0.25, 0.3) is 0 Å². The third kappa shape index (κ3) is 7.96. The number of rotatable bonds is 10. The van der Waals surface area contributed by atoms with Crippen molar-refractivity contribution < 1.29 is 14.6 Å². The first-order chi connectivity index (χ1) is 9.94. The van der Waals surface area contributed by atoms with Crippen LogP contribution in [0.25, 0.3) is 0 Å². The Balaban J connectivity index is 2.08. The fourth-order valence-electron chi connectivity index (χ4n) is 2.63. The van der Waals surface area contributed by atoms with E-state index in [1.165, 1.54) is 0 Å². The van der Waals surface area contributed by atoms with E-state index in [1.807, 2.05) is 20.8 Å². The van der Waals surface area contributed by atoms with Crippen LogP contribution in [-0.4, -0.2) is 49.7 Å². The molecule has 1 rings (SSSR count). The molecule has 0 aromatic rings. The van der Waals surface area contributed by atoms with E-state index in [0.717, 1.165) is 26.0 Å². The predicted octanol–water partition coefficient (Wildman–Crippen LogP) is 2.37. The van der Waals surface area contributed by atoms with Crippen LogP contribution in [0.3, 0.4) is 0 Å². The first-order valence-corrected chi connectivity index (χ1v) is 8.20. The lowest BCUT2D eigenvalue weighted by Crippen LogP contribution is -2.41. The third-order valence-electron chi connectivity index (χ3n) is 4.03. The number of hydrogen-bond acceptors (Lipinski definition) is 4. The highest BCUT2D eigenvalue weighted by Crippen LogP contribution is 2.24. The topological polar surface area (TPSA) is 50.7 Å². The summed E-state index contributed by atoms with van der Waals surface area (Å²) in [6, 6.07) is 0. The molecule has 4 heteroatoms. The highest BCUT2D eigenvalue weighted by atomic mass is 16.5. The summed E-state index contributed by atoms with van der Waals surface area (Å²) in [7, 11) is 0. The summed E-state index contributed by atoms with van der Waals surface area (Å²) in [4.78, 5) is 0. The maximum atomic E-state index is 9.93. The molecule has 0 aromatic heterocycles. The number of allylic oxidation sites excluding steroid dienone is 2. The highest BCUT2D eigenvalue weighted by Gasteiger charge is 2.19. The average molecular weight is 299 g/mol. The van der Waals surface area contributed by atoms with Gasteiger partial charge in [0.1, 0.15) is 0 Å². The molecule has 21 heavy (non-hydrogen) atoms. The smallest absolute Gasteiger partial charge is 0.0897 e. The van der Waals surface area contributed by atoms with Crippen molar-refractivity contribution in [3.05, 3.63) is 12.2 Å². The predicted molar refractivity (Wildman–Crippen MR) is 86.4 cm³/mol. The van der Waals surface area contributed by atoms with Gasteiger partial charge in [-0.1, -0.05) is 19.1 Å². The largest absolute Gasteiger partial charge is 0.389 e. The van der Waals surface area contributed by atoms with Gasteiger partial charge in [-0.05, 0) is 45.4 Å². The molecule has 0 heterocycles. The zero-order chi connectivity index (χ0) is 15.7. The Morgan fingerprint density at radius 2 is 2.05 bits per heavy atom. The van der Waals surface area contributed by atoms with Crippen molar-refractivity contribution in [1.29, 1.82) is 0 Å². The Hall–Kier alpha value is -0.420. The molecule has 0 aromatic carbocycles. The van der Waals surface area contributed by atoms with Gasteiger partial charge in [0.05, 0.1) is 24.9 Å². The second kappa shape index (κ2) is 9.57. The standard InChI is InChI=1S/C17H33NO3/c1-5-21-17(3,4)13-18-10-16(19)12-20-11-15-9-7-6-8-14(15)2/h6-7,14-16,18-19H,5,8-13H2,1-4H3. The Labute approximate surface area is 129 Å². The summed E-state index contributed by atoms with van der Waals surface area (Å²) < 4.78 is 11.3. The second-order valence-electron chi connectivity index (χ2n) is 6.70. The molecule has 124 valence electrons. The van der Waals surface area contributed by atoms with E-state index in [0.29, 0.717) is 31.6 Å². The lowest BCUT2D eigenvalue weighted by molar-refractivity contribution is -0.0157. The maximum Gasteiger partial charge on any atom is 0.0897 e. The number of aliphatic hydroxyl groups is 1. The third-order valence-corrected chi connectivity index (χ3v) is 4.03. The van der Waals surface area contributed by atoms with Crippen molar-refractivity contribution in [3.8, 4) is 0 Å².